The number of carbonyl (C=O) groups excluding carboxylic acids is 2. The molecule has 3 rings (SSSR count). The van der Waals surface area contributed by atoms with Gasteiger partial charge in [-0.05, 0) is 30.9 Å². The molecule has 3 N–H and O–H groups in total. The Hall–Kier alpha value is -1.88. The lowest BCUT2D eigenvalue weighted by Gasteiger charge is -2.31. The number of benzene rings is 1. The molecule has 2 aliphatic heterocycles. The van der Waals surface area contributed by atoms with E-state index in [0.717, 1.165) is 31.5 Å². The zero-order valence-corrected chi connectivity index (χ0v) is 12.2. The van der Waals surface area contributed by atoms with E-state index < -0.39 is 12.1 Å². The maximum Gasteiger partial charge on any atom is 0.249 e. The zero-order valence-electron chi connectivity index (χ0n) is 12.2. The Kier molecular flexibility index (Phi) is 3.68. The van der Waals surface area contributed by atoms with Crippen LogP contribution in [0.15, 0.2) is 24.3 Å². The highest BCUT2D eigenvalue weighted by Crippen LogP contribution is 2.36. The van der Waals surface area contributed by atoms with Crippen molar-refractivity contribution in [2.45, 2.75) is 37.8 Å². The van der Waals surface area contributed by atoms with Crippen molar-refractivity contribution >= 4 is 11.8 Å². The van der Waals surface area contributed by atoms with E-state index in [4.69, 9.17) is 5.73 Å². The van der Waals surface area contributed by atoms with Crippen LogP contribution >= 0.6 is 0 Å². The van der Waals surface area contributed by atoms with Crippen LogP contribution in [-0.4, -0.2) is 35.8 Å². The molecule has 5 heteroatoms. The first-order chi connectivity index (χ1) is 10.1. The molecular weight excluding hydrogens is 266 g/mol. The first-order valence-electron chi connectivity index (χ1n) is 7.51. The Bertz CT molecular complexity index is 570. The van der Waals surface area contributed by atoms with Gasteiger partial charge in [-0.15, -0.1) is 0 Å². The van der Waals surface area contributed by atoms with Gasteiger partial charge in [0.2, 0.25) is 11.8 Å². The molecule has 0 spiro atoms. The Balaban J connectivity index is 2.01. The third-order valence-corrected chi connectivity index (χ3v) is 4.43. The molecule has 0 saturated carbocycles. The smallest absolute Gasteiger partial charge is 0.249 e. The molecule has 112 valence electrons. The molecule has 21 heavy (non-hydrogen) atoms. The third-order valence-electron chi connectivity index (χ3n) is 4.43. The predicted molar refractivity (Wildman–Crippen MR) is 79.5 cm³/mol. The quantitative estimate of drug-likeness (QED) is 0.849. The summed E-state index contributed by atoms with van der Waals surface area (Å²) < 4.78 is 0. The minimum atomic E-state index is -0.623. The largest absolute Gasteiger partial charge is 0.340 e. The van der Waals surface area contributed by atoms with E-state index in [1.165, 1.54) is 5.56 Å². The molecule has 1 aromatic rings. The number of hydrogen-bond donors (Lipinski definition) is 2. The van der Waals surface area contributed by atoms with Crippen LogP contribution < -0.4 is 11.1 Å². The molecule has 5 nitrogen and oxygen atoms in total. The number of carbonyl (C=O) groups is 2. The van der Waals surface area contributed by atoms with Gasteiger partial charge >= 0.3 is 0 Å². The summed E-state index contributed by atoms with van der Waals surface area (Å²) in [6, 6.07) is 6.71. The minimum absolute atomic E-state index is 0.0151. The van der Waals surface area contributed by atoms with Gasteiger partial charge in [-0.3, -0.25) is 9.59 Å². The standard InChI is InChI=1S/C16H21N3O2/c1-10(17)15(20)18-14-13-7-3-2-6-12(13)11-5-4-8-19(9-11)16(14)21/h2-3,6-7,10-11,14H,4-5,8-9,17H2,1H3,(H,18,20). The Labute approximate surface area is 124 Å². The van der Waals surface area contributed by atoms with Gasteiger partial charge in [0.15, 0.2) is 0 Å². The highest BCUT2D eigenvalue weighted by molar-refractivity contribution is 5.91. The van der Waals surface area contributed by atoms with Crippen molar-refractivity contribution in [2.24, 2.45) is 5.73 Å². The number of nitrogens with one attached hydrogen (secondary N) is 1. The molecule has 1 saturated heterocycles. The summed E-state index contributed by atoms with van der Waals surface area (Å²) in [4.78, 5) is 26.6. The molecule has 3 atom stereocenters. The maximum absolute atomic E-state index is 12.7. The fraction of sp³-hybridized carbons (Fsp3) is 0.500. The van der Waals surface area contributed by atoms with E-state index in [2.05, 4.69) is 11.4 Å². The highest BCUT2D eigenvalue weighted by atomic mass is 16.2. The van der Waals surface area contributed by atoms with Gasteiger partial charge < -0.3 is 16.0 Å². The fourth-order valence-corrected chi connectivity index (χ4v) is 3.31. The molecular formula is C16H21N3O2. The number of nitrogens with zero attached hydrogens (tertiary/aromatic N) is 1. The molecule has 2 amide bonds. The summed E-state index contributed by atoms with van der Waals surface area (Å²) in [6.45, 7) is 3.15. The van der Waals surface area contributed by atoms with Crippen molar-refractivity contribution in [3.05, 3.63) is 35.4 Å². The maximum atomic E-state index is 12.7. The molecule has 2 heterocycles. The lowest BCUT2D eigenvalue weighted by molar-refractivity contribution is -0.137. The number of rotatable bonds is 2. The summed E-state index contributed by atoms with van der Waals surface area (Å²) >= 11 is 0. The second-order valence-corrected chi connectivity index (χ2v) is 5.98. The van der Waals surface area contributed by atoms with Crippen LogP contribution in [-0.2, 0) is 9.59 Å². The Morgan fingerprint density at radius 1 is 1.38 bits per heavy atom. The van der Waals surface area contributed by atoms with Gasteiger partial charge in [0.25, 0.3) is 0 Å². The van der Waals surface area contributed by atoms with E-state index >= 15 is 0 Å². The van der Waals surface area contributed by atoms with Gasteiger partial charge in [0.1, 0.15) is 6.04 Å². The first-order valence-corrected chi connectivity index (χ1v) is 7.51. The molecule has 1 fully saturated rings. The van der Waals surface area contributed by atoms with Crippen molar-refractivity contribution in [1.29, 1.82) is 0 Å². The average Bonchev–Trinajstić information content (AvgIpc) is 2.57. The van der Waals surface area contributed by atoms with Gasteiger partial charge in [-0.25, -0.2) is 0 Å². The summed E-state index contributed by atoms with van der Waals surface area (Å²) in [6.07, 6.45) is 2.10. The predicted octanol–water partition coefficient (Wildman–Crippen LogP) is 0.911. The number of amides is 2. The zero-order chi connectivity index (χ0) is 15.0. The third kappa shape index (κ3) is 2.53. The first kappa shape index (κ1) is 14.1. The van der Waals surface area contributed by atoms with E-state index in [-0.39, 0.29) is 11.8 Å². The summed E-state index contributed by atoms with van der Waals surface area (Å²) in [7, 11) is 0. The van der Waals surface area contributed by atoms with E-state index in [1.54, 1.807) is 6.92 Å². The highest BCUT2D eigenvalue weighted by Gasteiger charge is 2.37. The summed E-state index contributed by atoms with van der Waals surface area (Å²) in [5.41, 5.74) is 7.73. The monoisotopic (exact) mass is 287 g/mol. The molecule has 0 radical (unpaired) electrons. The normalized spacial score (nSPS) is 25.8. The van der Waals surface area contributed by atoms with Crippen LogP contribution in [0, 0.1) is 0 Å². The van der Waals surface area contributed by atoms with Crippen LogP contribution in [0.1, 0.15) is 42.9 Å². The molecule has 2 aliphatic rings. The fourth-order valence-electron chi connectivity index (χ4n) is 3.31. The molecule has 1 aromatic carbocycles. The van der Waals surface area contributed by atoms with Crippen LogP contribution in [0.3, 0.4) is 0 Å². The molecule has 3 unspecified atom stereocenters. The van der Waals surface area contributed by atoms with Crippen LogP contribution in [0.4, 0.5) is 0 Å². The van der Waals surface area contributed by atoms with Crippen LogP contribution in [0.25, 0.3) is 0 Å². The SMILES string of the molecule is CC(N)C(=O)NC1C(=O)N2CCCC(C2)c2ccccc21. The molecule has 0 aliphatic carbocycles. The Morgan fingerprint density at radius 2 is 2.10 bits per heavy atom. The Morgan fingerprint density at radius 3 is 2.81 bits per heavy atom. The second-order valence-electron chi connectivity index (χ2n) is 5.98. The number of fused-ring (bicyclic) bond motifs is 4. The van der Waals surface area contributed by atoms with E-state index in [1.807, 2.05) is 23.1 Å². The summed E-state index contributed by atoms with van der Waals surface area (Å²) in [5.74, 6) is 0.0653. The molecule has 2 bridgehead atoms. The van der Waals surface area contributed by atoms with Crippen molar-refractivity contribution < 1.29 is 9.59 Å². The minimum Gasteiger partial charge on any atom is -0.340 e. The second kappa shape index (κ2) is 5.48. The van der Waals surface area contributed by atoms with Gasteiger partial charge in [0.05, 0.1) is 6.04 Å². The van der Waals surface area contributed by atoms with Crippen molar-refractivity contribution in [3.63, 3.8) is 0 Å². The molecule has 0 aromatic heterocycles. The van der Waals surface area contributed by atoms with Crippen molar-refractivity contribution in [3.8, 4) is 0 Å². The van der Waals surface area contributed by atoms with Gasteiger partial charge in [-0.1, -0.05) is 24.3 Å². The number of piperidine rings is 1. The van der Waals surface area contributed by atoms with Crippen molar-refractivity contribution in [2.75, 3.05) is 13.1 Å². The van der Waals surface area contributed by atoms with Crippen LogP contribution in [0.5, 0.6) is 0 Å². The van der Waals surface area contributed by atoms with Gasteiger partial charge in [0, 0.05) is 19.0 Å². The van der Waals surface area contributed by atoms with Crippen molar-refractivity contribution in [1.82, 2.24) is 10.2 Å². The van der Waals surface area contributed by atoms with E-state index in [0.29, 0.717) is 5.92 Å². The topological polar surface area (TPSA) is 75.4 Å². The summed E-state index contributed by atoms with van der Waals surface area (Å²) in [5, 5.41) is 2.82. The average molecular weight is 287 g/mol. The number of nitrogens with two attached hydrogens (primary N) is 1. The van der Waals surface area contributed by atoms with Gasteiger partial charge in [-0.2, -0.15) is 0 Å². The number of hydrogen-bond acceptors (Lipinski definition) is 3. The lowest BCUT2D eigenvalue weighted by atomic mass is 9.88. The van der Waals surface area contributed by atoms with E-state index in [9.17, 15) is 9.59 Å². The lowest BCUT2D eigenvalue weighted by Crippen LogP contribution is -2.47. The van der Waals surface area contributed by atoms with Crippen LogP contribution in [0.2, 0.25) is 0 Å².